The largest absolute Gasteiger partial charge is 0.309 e. The van der Waals surface area contributed by atoms with Crippen LogP contribution in [0, 0.1) is 0 Å². The Balaban J connectivity index is 2.80. The van der Waals surface area contributed by atoms with Gasteiger partial charge >= 0.3 is 10.2 Å². The molecule has 1 heterocycles. The quantitative estimate of drug-likeness (QED) is 0.796. The van der Waals surface area contributed by atoms with E-state index in [-0.39, 0.29) is 0 Å². The minimum atomic E-state index is -3.43. The third kappa shape index (κ3) is 3.03. The second-order valence-corrected chi connectivity index (χ2v) is 6.07. The number of rotatable bonds is 5. The molecule has 1 N–H and O–H groups in total. The van der Waals surface area contributed by atoms with Crippen LogP contribution in [0.25, 0.3) is 0 Å². The molecule has 0 saturated heterocycles. The first-order valence-corrected chi connectivity index (χ1v) is 6.43. The van der Waals surface area contributed by atoms with E-state index in [1.165, 1.54) is 26.6 Å². The molecule has 0 unspecified atom stereocenters. The van der Waals surface area contributed by atoms with Crippen LogP contribution in [0.1, 0.15) is 19.5 Å². The zero-order chi connectivity index (χ0) is 12.3. The van der Waals surface area contributed by atoms with Crippen molar-refractivity contribution in [2.45, 2.75) is 26.4 Å². The fourth-order valence-electron chi connectivity index (χ4n) is 1.06. The van der Waals surface area contributed by atoms with E-state index in [2.05, 4.69) is 10.3 Å². The summed E-state index contributed by atoms with van der Waals surface area (Å²) in [6.45, 7) is 4.61. The summed E-state index contributed by atoms with van der Waals surface area (Å²) in [5.74, 6) is 0. The van der Waals surface area contributed by atoms with Gasteiger partial charge in [0, 0.05) is 32.9 Å². The van der Waals surface area contributed by atoms with Crippen LogP contribution in [0.2, 0.25) is 0 Å². The first kappa shape index (κ1) is 13.1. The molecule has 0 amide bonds. The number of aromatic nitrogens is 2. The molecule has 7 heteroatoms. The van der Waals surface area contributed by atoms with Crippen LogP contribution >= 0.6 is 0 Å². The SMILES string of the molecule is CC(C)NCc1cn(S(=O)(=O)N(C)C)cn1. The molecule has 0 atom stereocenters. The zero-order valence-corrected chi connectivity index (χ0v) is 10.8. The van der Waals surface area contributed by atoms with Crippen molar-refractivity contribution in [2.75, 3.05) is 14.1 Å². The van der Waals surface area contributed by atoms with Crippen LogP contribution in [0.5, 0.6) is 0 Å². The highest BCUT2D eigenvalue weighted by Crippen LogP contribution is 2.03. The Hall–Kier alpha value is -0.920. The normalized spacial score (nSPS) is 12.6. The predicted molar refractivity (Wildman–Crippen MR) is 62.2 cm³/mol. The van der Waals surface area contributed by atoms with E-state index in [0.29, 0.717) is 18.3 Å². The number of nitrogens with one attached hydrogen (secondary N) is 1. The molecule has 0 spiro atoms. The number of imidazole rings is 1. The molecular weight excluding hydrogens is 228 g/mol. The van der Waals surface area contributed by atoms with Crippen molar-refractivity contribution in [3.63, 3.8) is 0 Å². The van der Waals surface area contributed by atoms with Gasteiger partial charge < -0.3 is 5.32 Å². The van der Waals surface area contributed by atoms with E-state index in [4.69, 9.17) is 0 Å². The molecule has 1 aromatic heterocycles. The van der Waals surface area contributed by atoms with Gasteiger partial charge in [0.2, 0.25) is 0 Å². The van der Waals surface area contributed by atoms with E-state index < -0.39 is 10.2 Å². The first-order chi connectivity index (χ1) is 7.34. The van der Waals surface area contributed by atoms with Crippen LogP contribution in [0.15, 0.2) is 12.5 Å². The molecule has 0 fully saturated rings. The summed E-state index contributed by atoms with van der Waals surface area (Å²) in [5, 5.41) is 3.17. The molecule has 0 aromatic carbocycles. The maximum absolute atomic E-state index is 11.7. The Labute approximate surface area is 96.5 Å². The van der Waals surface area contributed by atoms with Gasteiger partial charge in [0.1, 0.15) is 6.33 Å². The average molecular weight is 246 g/mol. The smallest absolute Gasteiger partial charge is 0.308 e. The van der Waals surface area contributed by atoms with Gasteiger partial charge in [-0.3, -0.25) is 0 Å². The maximum atomic E-state index is 11.7. The summed E-state index contributed by atoms with van der Waals surface area (Å²) >= 11 is 0. The van der Waals surface area contributed by atoms with E-state index >= 15 is 0 Å². The van der Waals surface area contributed by atoms with Crippen molar-refractivity contribution < 1.29 is 8.42 Å². The standard InChI is InChI=1S/C9H18N4O2S/c1-8(2)10-5-9-6-13(7-11-9)16(14,15)12(3)4/h6-8,10H,5H2,1-4H3. The molecule has 1 rings (SSSR count). The lowest BCUT2D eigenvalue weighted by atomic mass is 10.4. The van der Waals surface area contributed by atoms with E-state index in [1.807, 2.05) is 13.8 Å². The molecule has 0 aliphatic rings. The van der Waals surface area contributed by atoms with Gasteiger partial charge in [-0.05, 0) is 0 Å². The topological polar surface area (TPSA) is 67.2 Å². The maximum Gasteiger partial charge on any atom is 0.308 e. The Kier molecular flexibility index (Phi) is 4.06. The molecule has 0 bridgehead atoms. The molecule has 92 valence electrons. The van der Waals surface area contributed by atoms with Crippen LogP contribution in [-0.2, 0) is 16.8 Å². The molecule has 16 heavy (non-hydrogen) atoms. The summed E-state index contributed by atoms with van der Waals surface area (Å²) in [4.78, 5) is 4.03. The lowest BCUT2D eigenvalue weighted by Gasteiger charge is -2.10. The van der Waals surface area contributed by atoms with Crippen molar-refractivity contribution in [3.05, 3.63) is 18.2 Å². The Morgan fingerprint density at radius 2 is 2.12 bits per heavy atom. The third-order valence-electron chi connectivity index (χ3n) is 2.03. The second kappa shape index (κ2) is 4.94. The molecule has 0 aliphatic carbocycles. The minimum absolute atomic E-state index is 0.343. The molecular formula is C9H18N4O2S. The number of hydrogen-bond acceptors (Lipinski definition) is 4. The van der Waals surface area contributed by atoms with Gasteiger partial charge in [0.25, 0.3) is 0 Å². The lowest BCUT2D eigenvalue weighted by Crippen LogP contribution is -2.28. The van der Waals surface area contributed by atoms with Gasteiger partial charge in [0.15, 0.2) is 0 Å². The van der Waals surface area contributed by atoms with Gasteiger partial charge in [0.05, 0.1) is 5.69 Å². The number of nitrogens with zero attached hydrogens (tertiary/aromatic N) is 3. The molecule has 0 saturated carbocycles. The lowest BCUT2D eigenvalue weighted by molar-refractivity contribution is 0.510. The Morgan fingerprint density at radius 3 is 2.62 bits per heavy atom. The summed E-state index contributed by atoms with van der Waals surface area (Å²) in [7, 11) is -0.460. The second-order valence-electron chi connectivity index (χ2n) is 4.02. The number of hydrogen-bond donors (Lipinski definition) is 1. The van der Waals surface area contributed by atoms with E-state index in [0.717, 1.165) is 8.28 Å². The Bertz CT molecular complexity index is 436. The van der Waals surface area contributed by atoms with Crippen molar-refractivity contribution in [1.82, 2.24) is 18.6 Å². The van der Waals surface area contributed by atoms with Gasteiger partial charge in [-0.2, -0.15) is 12.7 Å². The monoisotopic (exact) mass is 246 g/mol. The van der Waals surface area contributed by atoms with E-state index in [1.54, 1.807) is 0 Å². The van der Waals surface area contributed by atoms with Crippen molar-refractivity contribution in [1.29, 1.82) is 0 Å². The van der Waals surface area contributed by atoms with Crippen molar-refractivity contribution in [2.24, 2.45) is 0 Å². The van der Waals surface area contributed by atoms with E-state index in [9.17, 15) is 8.42 Å². The van der Waals surface area contributed by atoms with Gasteiger partial charge in [-0.1, -0.05) is 13.8 Å². The van der Waals surface area contributed by atoms with Crippen molar-refractivity contribution >= 4 is 10.2 Å². The third-order valence-corrected chi connectivity index (χ3v) is 3.69. The van der Waals surface area contributed by atoms with Gasteiger partial charge in [-0.15, -0.1) is 0 Å². The van der Waals surface area contributed by atoms with Crippen molar-refractivity contribution in [3.8, 4) is 0 Å². The highest BCUT2D eigenvalue weighted by Gasteiger charge is 2.16. The van der Waals surface area contributed by atoms with Crippen LogP contribution < -0.4 is 5.32 Å². The molecule has 0 radical (unpaired) electrons. The van der Waals surface area contributed by atoms with Crippen LogP contribution in [-0.4, -0.2) is 41.8 Å². The fraction of sp³-hybridized carbons (Fsp3) is 0.667. The molecule has 0 aliphatic heterocycles. The molecule has 1 aromatic rings. The summed E-state index contributed by atoms with van der Waals surface area (Å²) in [5.41, 5.74) is 0.708. The van der Waals surface area contributed by atoms with Gasteiger partial charge in [-0.25, -0.2) is 8.96 Å². The highest BCUT2D eigenvalue weighted by atomic mass is 32.2. The van der Waals surface area contributed by atoms with Crippen LogP contribution in [0.4, 0.5) is 0 Å². The minimum Gasteiger partial charge on any atom is -0.309 e. The molecule has 6 nitrogen and oxygen atoms in total. The summed E-state index contributed by atoms with van der Waals surface area (Å²) in [6, 6.07) is 0.343. The fourth-order valence-corrected chi connectivity index (χ4v) is 1.86. The summed E-state index contributed by atoms with van der Waals surface area (Å²) < 4.78 is 25.7. The predicted octanol–water partition coefficient (Wildman–Crippen LogP) is 0.0356. The highest BCUT2D eigenvalue weighted by molar-refractivity contribution is 7.87. The Morgan fingerprint density at radius 1 is 1.50 bits per heavy atom. The zero-order valence-electron chi connectivity index (χ0n) is 10.0. The van der Waals surface area contributed by atoms with Crippen LogP contribution in [0.3, 0.4) is 0 Å². The summed E-state index contributed by atoms with van der Waals surface area (Å²) in [6.07, 6.45) is 2.83. The first-order valence-electron chi connectivity index (χ1n) is 5.03. The average Bonchev–Trinajstić information content (AvgIpc) is 2.63.